The number of anilines is 1. The predicted molar refractivity (Wildman–Crippen MR) is 86.4 cm³/mol. The molecular weight excluding hydrogens is 294 g/mol. The van der Waals surface area contributed by atoms with Gasteiger partial charge in [0.15, 0.2) is 5.78 Å². The van der Waals surface area contributed by atoms with Crippen LogP contribution in [0.4, 0.5) is 5.69 Å². The molecule has 1 aromatic carbocycles. The highest BCUT2D eigenvalue weighted by atomic mass is 16.2. The van der Waals surface area contributed by atoms with E-state index in [2.05, 4.69) is 10.2 Å². The number of carbonyl (C=O) groups is 3. The van der Waals surface area contributed by atoms with Crippen molar-refractivity contribution in [2.45, 2.75) is 19.8 Å². The fraction of sp³-hybridized carbons (Fsp3) is 0.471. The molecule has 6 nitrogen and oxygen atoms in total. The van der Waals surface area contributed by atoms with Crippen molar-refractivity contribution in [1.29, 1.82) is 0 Å². The summed E-state index contributed by atoms with van der Waals surface area (Å²) < 4.78 is 0. The number of carbonyl (C=O) groups excluding carboxylic acids is 3. The third kappa shape index (κ3) is 3.59. The fourth-order valence-electron chi connectivity index (χ4n) is 3.07. The molecule has 1 aromatic rings. The number of nitrogens with one attached hydrogen (secondary N) is 1. The maximum absolute atomic E-state index is 12.5. The van der Waals surface area contributed by atoms with Crippen molar-refractivity contribution in [3.05, 3.63) is 29.3 Å². The van der Waals surface area contributed by atoms with E-state index in [0.29, 0.717) is 38.0 Å². The van der Waals surface area contributed by atoms with Gasteiger partial charge in [0.25, 0.3) is 0 Å². The van der Waals surface area contributed by atoms with Gasteiger partial charge in [-0.3, -0.25) is 19.3 Å². The van der Waals surface area contributed by atoms with E-state index in [1.165, 1.54) is 0 Å². The Morgan fingerprint density at radius 1 is 1.13 bits per heavy atom. The number of amides is 2. The fourth-order valence-corrected chi connectivity index (χ4v) is 3.07. The van der Waals surface area contributed by atoms with Crippen LogP contribution < -0.4 is 5.32 Å². The summed E-state index contributed by atoms with van der Waals surface area (Å²) in [6.45, 7) is 4.76. The van der Waals surface area contributed by atoms with Gasteiger partial charge in [0, 0.05) is 50.8 Å². The van der Waals surface area contributed by atoms with E-state index in [-0.39, 0.29) is 17.6 Å². The Kier molecular flexibility index (Phi) is 4.43. The van der Waals surface area contributed by atoms with Crippen molar-refractivity contribution in [1.82, 2.24) is 9.80 Å². The Balaban J connectivity index is 1.61. The number of hydrogen-bond acceptors (Lipinski definition) is 4. The number of rotatable bonds is 3. The number of benzene rings is 1. The van der Waals surface area contributed by atoms with Gasteiger partial charge in [0.2, 0.25) is 11.8 Å². The smallest absolute Gasteiger partial charge is 0.224 e. The van der Waals surface area contributed by atoms with Crippen LogP contribution in [0.2, 0.25) is 0 Å². The molecular formula is C17H21N3O3. The summed E-state index contributed by atoms with van der Waals surface area (Å²) in [4.78, 5) is 39.1. The molecule has 0 spiro atoms. The van der Waals surface area contributed by atoms with Crippen molar-refractivity contribution in [2.24, 2.45) is 0 Å². The van der Waals surface area contributed by atoms with Crippen LogP contribution in [-0.4, -0.2) is 60.1 Å². The first-order chi connectivity index (χ1) is 11.0. The zero-order valence-corrected chi connectivity index (χ0v) is 13.3. The van der Waals surface area contributed by atoms with Gasteiger partial charge in [-0.05, 0) is 30.2 Å². The van der Waals surface area contributed by atoms with E-state index in [0.717, 1.165) is 24.3 Å². The molecule has 1 N–H and O–H groups in total. The molecule has 2 aliphatic heterocycles. The van der Waals surface area contributed by atoms with Crippen LogP contribution >= 0.6 is 0 Å². The minimum atomic E-state index is 0.0277. The molecule has 122 valence electrons. The lowest BCUT2D eigenvalue weighted by Gasteiger charge is -2.33. The van der Waals surface area contributed by atoms with E-state index >= 15 is 0 Å². The second-order valence-corrected chi connectivity index (χ2v) is 6.13. The Labute approximate surface area is 135 Å². The SMILES string of the molecule is CC(=O)N1CCN(CC(=O)c2ccc3c(c2)CCC(=O)N3)CC1. The average molecular weight is 315 g/mol. The van der Waals surface area contributed by atoms with E-state index in [9.17, 15) is 14.4 Å². The number of ketones is 1. The third-order valence-electron chi connectivity index (χ3n) is 4.51. The van der Waals surface area contributed by atoms with Gasteiger partial charge >= 0.3 is 0 Å². The van der Waals surface area contributed by atoms with Gasteiger partial charge in [-0.2, -0.15) is 0 Å². The molecule has 3 rings (SSSR count). The summed E-state index contributed by atoms with van der Waals surface area (Å²) in [7, 11) is 0. The number of fused-ring (bicyclic) bond motifs is 1. The first kappa shape index (κ1) is 15.7. The van der Waals surface area contributed by atoms with E-state index in [1.807, 2.05) is 17.0 Å². The highest BCUT2D eigenvalue weighted by Crippen LogP contribution is 2.23. The Bertz CT molecular complexity index is 648. The molecule has 0 atom stereocenters. The van der Waals surface area contributed by atoms with Gasteiger partial charge in [0.1, 0.15) is 0 Å². The minimum absolute atomic E-state index is 0.0277. The third-order valence-corrected chi connectivity index (χ3v) is 4.51. The van der Waals surface area contributed by atoms with Crippen molar-refractivity contribution in [2.75, 3.05) is 38.0 Å². The van der Waals surface area contributed by atoms with Crippen LogP contribution in [0.5, 0.6) is 0 Å². The summed E-state index contributed by atoms with van der Waals surface area (Å²) in [6.07, 6.45) is 1.15. The number of hydrogen-bond donors (Lipinski definition) is 1. The summed E-state index contributed by atoms with van der Waals surface area (Å²) in [5, 5.41) is 2.82. The lowest BCUT2D eigenvalue weighted by molar-refractivity contribution is -0.130. The number of Topliss-reactive ketones (excluding diaryl/α,β-unsaturated/α-hetero) is 1. The largest absolute Gasteiger partial charge is 0.340 e. The van der Waals surface area contributed by atoms with Crippen molar-refractivity contribution >= 4 is 23.3 Å². The maximum atomic E-state index is 12.5. The second kappa shape index (κ2) is 6.50. The van der Waals surface area contributed by atoms with Crippen LogP contribution in [0.3, 0.4) is 0 Å². The lowest BCUT2D eigenvalue weighted by Crippen LogP contribution is -2.49. The Hall–Kier alpha value is -2.21. The minimum Gasteiger partial charge on any atom is -0.340 e. The van der Waals surface area contributed by atoms with E-state index in [4.69, 9.17) is 0 Å². The van der Waals surface area contributed by atoms with Crippen LogP contribution in [0.25, 0.3) is 0 Å². The summed E-state index contributed by atoms with van der Waals surface area (Å²) in [5.41, 5.74) is 2.53. The Morgan fingerprint density at radius 2 is 1.87 bits per heavy atom. The first-order valence-corrected chi connectivity index (χ1v) is 7.97. The molecule has 2 heterocycles. The molecule has 1 saturated heterocycles. The molecule has 6 heteroatoms. The molecule has 0 unspecified atom stereocenters. The quantitative estimate of drug-likeness (QED) is 0.842. The zero-order valence-electron chi connectivity index (χ0n) is 13.3. The van der Waals surface area contributed by atoms with Gasteiger partial charge in [0.05, 0.1) is 6.54 Å². The normalized spacial score (nSPS) is 18.3. The molecule has 23 heavy (non-hydrogen) atoms. The monoisotopic (exact) mass is 315 g/mol. The molecule has 0 saturated carbocycles. The summed E-state index contributed by atoms with van der Waals surface area (Å²) in [5.74, 6) is 0.202. The van der Waals surface area contributed by atoms with Crippen LogP contribution in [0, 0.1) is 0 Å². The highest BCUT2D eigenvalue weighted by Gasteiger charge is 2.22. The number of piperazine rings is 1. The molecule has 0 aromatic heterocycles. The molecule has 0 aliphatic carbocycles. The average Bonchev–Trinajstić information content (AvgIpc) is 2.54. The van der Waals surface area contributed by atoms with Gasteiger partial charge < -0.3 is 10.2 Å². The number of aryl methyl sites for hydroxylation is 1. The van der Waals surface area contributed by atoms with Crippen LogP contribution in [-0.2, 0) is 16.0 Å². The maximum Gasteiger partial charge on any atom is 0.224 e. The lowest BCUT2D eigenvalue weighted by atomic mass is 9.98. The molecule has 1 fully saturated rings. The molecule has 2 amide bonds. The van der Waals surface area contributed by atoms with Gasteiger partial charge in [-0.25, -0.2) is 0 Å². The topological polar surface area (TPSA) is 69.7 Å². The molecule has 0 bridgehead atoms. The van der Waals surface area contributed by atoms with Gasteiger partial charge in [-0.15, -0.1) is 0 Å². The highest BCUT2D eigenvalue weighted by molar-refractivity contribution is 6.00. The van der Waals surface area contributed by atoms with Crippen LogP contribution in [0.15, 0.2) is 18.2 Å². The predicted octanol–water partition coefficient (Wildman–Crippen LogP) is 0.918. The van der Waals surface area contributed by atoms with Crippen molar-refractivity contribution < 1.29 is 14.4 Å². The Morgan fingerprint density at radius 3 is 2.57 bits per heavy atom. The van der Waals surface area contributed by atoms with E-state index in [1.54, 1.807) is 13.0 Å². The first-order valence-electron chi connectivity index (χ1n) is 7.97. The summed E-state index contributed by atoms with van der Waals surface area (Å²) in [6, 6.07) is 5.48. The summed E-state index contributed by atoms with van der Waals surface area (Å²) >= 11 is 0. The number of nitrogens with zero attached hydrogens (tertiary/aromatic N) is 2. The van der Waals surface area contributed by atoms with Crippen LogP contribution in [0.1, 0.15) is 29.3 Å². The molecule has 2 aliphatic rings. The van der Waals surface area contributed by atoms with E-state index < -0.39 is 0 Å². The zero-order chi connectivity index (χ0) is 16.4. The standard InChI is InChI=1S/C17H21N3O3/c1-12(21)20-8-6-19(7-9-20)11-16(22)14-2-4-15-13(10-14)3-5-17(23)18-15/h2,4,10H,3,5-9,11H2,1H3,(H,18,23). The van der Waals surface area contributed by atoms with Crippen molar-refractivity contribution in [3.63, 3.8) is 0 Å². The van der Waals surface area contributed by atoms with Gasteiger partial charge in [-0.1, -0.05) is 0 Å². The molecule has 0 radical (unpaired) electrons. The second-order valence-electron chi connectivity index (χ2n) is 6.13. The van der Waals surface area contributed by atoms with Crippen molar-refractivity contribution in [3.8, 4) is 0 Å².